The molecule has 0 saturated heterocycles. The Kier molecular flexibility index (Phi) is 3.96. The van der Waals surface area contributed by atoms with Crippen molar-refractivity contribution >= 4 is 6.34 Å². The third-order valence-corrected chi connectivity index (χ3v) is 2.03. The average molecular weight is 181 g/mol. The van der Waals surface area contributed by atoms with Crippen LogP contribution in [0.3, 0.4) is 0 Å². The summed E-state index contributed by atoms with van der Waals surface area (Å²) in [6.45, 7) is 4.28. The van der Waals surface area contributed by atoms with Crippen molar-refractivity contribution in [2.75, 3.05) is 27.2 Å². The van der Waals surface area contributed by atoms with E-state index in [9.17, 15) is 0 Å². The van der Waals surface area contributed by atoms with Crippen LogP contribution in [0.15, 0.2) is 17.3 Å². The third kappa shape index (κ3) is 4.08. The molecule has 0 amide bonds. The molecule has 1 atom stereocenters. The van der Waals surface area contributed by atoms with E-state index in [1.807, 2.05) is 6.34 Å². The summed E-state index contributed by atoms with van der Waals surface area (Å²) >= 11 is 0. The maximum absolute atomic E-state index is 4.31. The standard InChI is InChI=1S/C10H19N3/c1-10-5-8-13(9-11-10)7-4-6-12(2)3/h5,8-10H,4,6-7H2,1-3H3. The highest BCUT2D eigenvalue weighted by atomic mass is 15.2. The van der Waals surface area contributed by atoms with E-state index in [0.717, 1.165) is 13.1 Å². The largest absolute Gasteiger partial charge is 0.340 e. The molecule has 0 fully saturated rings. The number of hydrogen-bond acceptors (Lipinski definition) is 3. The monoisotopic (exact) mass is 181 g/mol. The van der Waals surface area contributed by atoms with Crippen LogP contribution in [0, 0.1) is 0 Å². The summed E-state index contributed by atoms with van der Waals surface area (Å²) in [7, 11) is 4.20. The summed E-state index contributed by atoms with van der Waals surface area (Å²) in [6, 6.07) is 0.352. The molecule has 0 bridgehead atoms. The molecule has 3 heteroatoms. The minimum atomic E-state index is 0.352. The smallest absolute Gasteiger partial charge is 0.0896 e. The SMILES string of the molecule is CC1C=CN(CCCN(C)C)C=N1. The van der Waals surface area contributed by atoms with E-state index in [2.05, 4.69) is 48.1 Å². The topological polar surface area (TPSA) is 18.8 Å². The molecule has 0 aromatic heterocycles. The second-order valence-electron chi connectivity index (χ2n) is 3.74. The van der Waals surface area contributed by atoms with Crippen LogP contribution < -0.4 is 0 Å². The van der Waals surface area contributed by atoms with Crippen LogP contribution in [0.1, 0.15) is 13.3 Å². The molecule has 0 aliphatic carbocycles. The molecule has 0 N–H and O–H groups in total. The van der Waals surface area contributed by atoms with E-state index in [1.165, 1.54) is 6.42 Å². The molecule has 13 heavy (non-hydrogen) atoms. The first-order valence-electron chi connectivity index (χ1n) is 4.80. The van der Waals surface area contributed by atoms with Crippen LogP contribution in [0.25, 0.3) is 0 Å². The highest BCUT2D eigenvalue weighted by Crippen LogP contribution is 2.01. The number of aliphatic imine (C=N–C) groups is 1. The lowest BCUT2D eigenvalue weighted by Gasteiger charge is -2.20. The number of hydrogen-bond donors (Lipinski definition) is 0. The van der Waals surface area contributed by atoms with E-state index < -0.39 is 0 Å². The fraction of sp³-hybridized carbons (Fsp3) is 0.700. The number of nitrogens with zero attached hydrogens (tertiary/aromatic N) is 3. The first-order valence-corrected chi connectivity index (χ1v) is 4.80. The van der Waals surface area contributed by atoms with Gasteiger partial charge in [-0.25, -0.2) is 0 Å². The van der Waals surface area contributed by atoms with Gasteiger partial charge in [0.1, 0.15) is 0 Å². The summed E-state index contributed by atoms with van der Waals surface area (Å²) in [5, 5.41) is 0. The van der Waals surface area contributed by atoms with E-state index in [1.54, 1.807) is 0 Å². The lowest BCUT2D eigenvalue weighted by molar-refractivity contribution is 0.378. The lowest BCUT2D eigenvalue weighted by atomic mass is 10.3. The Labute approximate surface area is 80.7 Å². The van der Waals surface area contributed by atoms with Crippen LogP contribution in [0.5, 0.6) is 0 Å². The van der Waals surface area contributed by atoms with Crippen LogP contribution in [0.2, 0.25) is 0 Å². The van der Waals surface area contributed by atoms with Gasteiger partial charge in [-0.05, 0) is 40.1 Å². The third-order valence-electron chi connectivity index (χ3n) is 2.03. The fourth-order valence-corrected chi connectivity index (χ4v) is 1.22. The molecule has 0 radical (unpaired) electrons. The summed E-state index contributed by atoms with van der Waals surface area (Å²) in [5.74, 6) is 0. The molecule has 1 aliphatic heterocycles. The Bertz CT molecular complexity index is 182. The van der Waals surface area contributed by atoms with Crippen molar-refractivity contribution in [1.29, 1.82) is 0 Å². The van der Waals surface area contributed by atoms with Crippen molar-refractivity contribution < 1.29 is 0 Å². The zero-order chi connectivity index (χ0) is 9.68. The van der Waals surface area contributed by atoms with Crippen molar-refractivity contribution in [2.24, 2.45) is 4.99 Å². The van der Waals surface area contributed by atoms with Gasteiger partial charge in [0.15, 0.2) is 0 Å². The van der Waals surface area contributed by atoms with E-state index >= 15 is 0 Å². The Morgan fingerprint density at radius 1 is 1.46 bits per heavy atom. The molecule has 1 rings (SSSR count). The molecule has 74 valence electrons. The zero-order valence-corrected chi connectivity index (χ0v) is 8.77. The van der Waals surface area contributed by atoms with Crippen LogP contribution in [-0.4, -0.2) is 49.4 Å². The maximum atomic E-state index is 4.31. The van der Waals surface area contributed by atoms with Crippen molar-refractivity contribution in [3.63, 3.8) is 0 Å². The molecule has 0 aromatic carbocycles. The van der Waals surface area contributed by atoms with Crippen LogP contribution >= 0.6 is 0 Å². The van der Waals surface area contributed by atoms with E-state index in [-0.39, 0.29) is 0 Å². The second-order valence-corrected chi connectivity index (χ2v) is 3.74. The molecule has 1 aliphatic rings. The van der Waals surface area contributed by atoms with E-state index in [4.69, 9.17) is 0 Å². The molecular formula is C10H19N3. The second kappa shape index (κ2) is 5.02. The van der Waals surface area contributed by atoms with Gasteiger partial charge in [-0.15, -0.1) is 0 Å². The maximum Gasteiger partial charge on any atom is 0.0896 e. The Morgan fingerprint density at radius 3 is 2.77 bits per heavy atom. The van der Waals surface area contributed by atoms with Gasteiger partial charge in [-0.2, -0.15) is 0 Å². The molecule has 0 spiro atoms. The Balaban J connectivity index is 2.16. The Hall–Kier alpha value is -0.830. The summed E-state index contributed by atoms with van der Waals surface area (Å²) in [4.78, 5) is 8.65. The highest BCUT2D eigenvalue weighted by molar-refractivity contribution is 5.58. The minimum Gasteiger partial charge on any atom is -0.340 e. The first-order chi connectivity index (χ1) is 6.18. The normalized spacial score (nSPS) is 21.5. The summed E-state index contributed by atoms with van der Waals surface area (Å²) in [5.41, 5.74) is 0. The van der Waals surface area contributed by atoms with Crippen molar-refractivity contribution in [2.45, 2.75) is 19.4 Å². The molecule has 1 heterocycles. The average Bonchev–Trinajstić information content (AvgIpc) is 2.08. The van der Waals surface area contributed by atoms with Gasteiger partial charge in [0, 0.05) is 12.7 Å². The lowest BCUT2D eigenvalue weighted by Crippen LogP contribution is -2.24. The zero-order valence-electron chi connectivity index (χ0n) is 8.77. The van der Waals surface area contributed by atoms with E-state index in [0.29, 0.717) is 6.04 Å². The Morgan fingerprint density at radius 2 is 2.23 bits per heavy atom. The van der Waals surface area contributed by atoms with Gasteiger partial charge in [0.25, 0.3) is 0 Å². The predicted octanol–water partition coefficient (Wildman–Crippen LogP) is 1.18. The predicted molar refractivity (Wildman–Crippen MR) is 57.0 cm³/mol. The van der Waals surface area contributed by atoms with Crippen molar-refractivity contribution in [3.05, 3.63) is 12.3 Å². The van der Waals surface area contributed by atoms with Crippen molar-refractivity contribution in [1.82, 2.24) is 9.80 Å². The first kappa shape index (κ1) is 10.3. The molecule has 0 saturated carbocycles. The fourth-order valence-electron chi connectivity index (χ4n) is 1.22. The van der Waals surface area contributed by atoms with Crippen LogP contribution in [-0.2, 0) is 0 Å². The summed E-state index contributed by atoms with van der Waals surface area (Å²) < 4.78 is 0. The van der Waals surface area contributed by atoms with Gasteiger partial charge >= 0.3 is 0 Å². The van der Waals surface area contributed by atoms with Crippen molar-refractivity contribution in [3.8, 4) is 0 Å². The minimum absolute atomic E-state index is 0.352. The molecular weight excluding hydrogens is 162 g/mol. The van der Waals surface area contributed by atoms with Gasteiger partial charge in [-0.3, -0.25) is 4.99 Å². The molecule has 3 nitrogen and oxygen atoms in total. The van der Waals surface area contributed by atoms with Gasteiger partial charge in [0.2, 0.25) is 0 Å². The highest BCUT2D eigenvalue weighted by Gasteiger charge is 2.02. The molecule has 0 aromatic rings. The quantitative estimate of drug-likeness (QED) is 0.648. The number of rotatable bonds is 4. The summed E-state index contributed by atoms with van der Waals surface area (Å²) in [6.07, 6.45) is 7.35. The van der Waals surface area contributed by atoms with Gasteiger partial charge in [0.05, 0.1) is 12.4 Å². The molecule has 1 unspecified atom stereocenters. The van der Waals surface area contributed by atoms with Crippen LogP contribution in [0.4, 0.5) is 0 Å². The van der Waals surface area contributed by atoms with Gasteiger partial charge < -0.3 is 9.80 Å². The van der Waals surface area contributed by atoms with Gasteiger partial charge in [-0.1, -0.05) is 0 Å².